The van der Waals surface area contributed by atoms with Gasteiger partial charge in [-0.2, -0.15) is 0 Å². The number of amides is 1. The van der Waals surface area contributed by atoms with Gasteiger partial charge in [-0.05, 0) is 43.6 Å². The molecule has 1 aliphatic heterocycles. The van der Waals surface area contributed by atoms with Crippen LogP contribution in [0, 0.1) is 0 Å². The average Bonchev–Trinajstić information content (AvgIpc) is 2.39. The third-order valence-corrected chi connectivity index (χ3v) is 3.47. The predicted molar refractivity (Wildman–Crippen MR) is 76.0 cm³/mol. The first kappa shape index (κ1) is 14.0. The van der Waals surface area contributed by atoms with Gasteiger partial charge in [0.2, 0.25) is 5.91 Å². The molecular formula is C15H22N2O2. The number of nitrogens with zero attached hydrogens (tertiary/aromatic N) is 1. The second-order valence-electron chi connectivity index (χ2n) is 5.18. The summed E-state index contributed by atoms with van der Waals surface area (Å²) in [7, 11) is 0. The Kier molecular flexibility index (Phi) is 4.93. The molecule has 1 amide bonds. The minimum absolute atomic E-state index is 0.0947. The number of aliphatic hydroxyl groups is 1. The van der Waals surface area contributed by atoms with Gasteiger partial charge in [0, 0.05) is 19.2 Å². The fourth-order valence-corrected chi connectivity index (χ4v) is 2.52. The number of carbonyl (C=O) groups is 1. The van der Waals surface area contributed by atoms with E-state index in [1.165, 1.54) is 26.2 Å². The lowest BCUT2D eigenvalue weighted by molar-refractivity contribution is -0.114. The maximum Gasteiger partial charge on any atom is 0.221 e. The maximum absolute atomic E-state index is 11.0. The number of piperidine rings is 1. The smallest absolute Gasteiger partial charge is 0.221 e. The number of hydrogen-bond acceptors (Lipinski definition) is 3. The lowest BCUT2D eigenvalue weighted by Gasteiger charge is -2.28. The van der Waals surface area contributed by atoms with Crippen molar-refractivity contribution >= 4 is 11.6 Å². The van der Waals surface area contributed by atoms with Crippen molar-refractivity contribution in [2.24, 2.45) is 0 Å². The van der Waals surface area contributed by atoms with Crippen molar-refractivity contribution in [3.8, 4) is 0 Å². The van der Waals surface area contributed by atoms with Crippen molar-refractivity contribution in [3.63, 3.8) is 0 Å². The van der Waals surface area contributed by atoms with Crippen LogP contribution < -0.4 is 5.32 Å². The molecule has 0 saturated carbocycles. The fourth-order valence-electron chi connectivity index (χ4n) is 2.52. The highest BCUT2D eigenvalue weighted by Gasteiger charge is 2.16. The molecule has 0 bridgehead atoms. The van der Waals surface area contributed by atoms with Gasteiger partial charge < -0.3 is 15.3 Å². The van der Waals surface area contributed by atoms with Crippen molar-refractivity contribution in [1.82, 2.24) is 4.90 Å². The molecule has 1 fully saturated rings. The summed E-state index contributed by atoms with van der Waals surface area (Å²) >= 11 is 0. The van der Waals surface area contributed by atoms with Crippen LogP contribution in [0.15, 0.2) is 24.3 Å². The Morgan fingerprint density at radius 3 is 2.79 bits per heavy atom. The molecule has 1 aromatic carbocycles. The Labute approximate surface area is 114 Å². The zero-order valence-corrected chi connectivity index (χ0v) is 11.4. The molecule has 19 heavy (non-hydrogen) atoms. The molecule has 0 radical (unpaired) electrons. The Balaban J connectivity index is 1.97. The number of carbonyl (C=O) groups excluding carboxylic acids is 1. The second kappa shape index (κ2) is 6.68. The van der Waals surface area contributed by atoms with E-state index in [1.54, 1.807) is 0 Å². The molecule has 1 unspecified atom stereocenters. The summed E-state index contributed by atoms with van der Waals surface area (Å²) in [4.78, 5) is 13.3. The third-order valence-electron chi connectivity index (χ3n) is 3.47. The summed E-state index contributed by atoms with van der Waals surface area (Å²) in [6, 6.07) is 7.44. The lowest BCUT2D eigenvalue weighted by atomic mass is 10.1. The topological polar surface area (TPSA) is 52.6 Å². The highest BCUT2D eigenvalue weighted by molar-refractivity contribution is 5.88. The van der Waals surface area contributed by atoms with Crippen molar-refractivity contribution in [2.75, 3.05) is 25.0 Å². The third kappa shape index (κ3) is 4.33. The molecule has 1 aromatic rings. The monoisotopic (exact) mass is 262 g/mol. The van der Waals surface area contributed by atoms with E-state index >= 15 is 0 Å². The van der Waals surface area contributed by atoms with E-state index in [4.69, 9.17) is 0 Å². The van der Waals surface area contributed by atoms with Crippen LogP contribution in [0.3, 0.4) is 0 Å². The summed E-state index contributed by atoms with van der Waals surface area (Å²) in [5.41, 5.74) is 1.60. The molecule has 1 saturated heterocycles. The number of rotatable bonds is 4. The SMILES string of the molecule is CC(=O)Nc1cccc(C(O)CN2CCCCC2)c1. The Morgan fingerprint density at radius 1 is 1.37 bits per heavy atom. The van der Waals surface area contributed by atoms with Gasteiger partial charge in [0.1, 0.15) is 0 Å². The Bertz CT molecular complexity index is 428. The van der Waals surface area contributed by atoms with Crippen molar-refractivity contribution < 1.29 is 9.90 Å². The van der Waals surface area contributed by atoms with Gasteiger partial charge in [0.15, 0.2) is 0 Å². The molecule has 1 heterocycles. The van der Waals surface area contributed by atoms with Gasteiger partial charge in [-0.15, -0.1) is 0 Å². The van der Waals surface area contributed by atoms with Crippen LogP contribution in [0.4, 0.5) is 5.69 Å². The molecule has 0 aliphatic carbocycles. The van der Waals surface area contributed by atoms with E-state index in [-0.39, 0.29) is 5.91 Å². The predicted octanol–water partition coefficient (Wildman–Crippen LogP) is 2.16. The Morgan fingerprint density at radius 2 is 2.11 bits per heavy atom. The van der Waals surface area contributed by atoms with Gasteiger partial charge in [-0.25, -0.2) is 0 Å². The van der Waals surface area contributed by atoms with Crippen LogP contribution in [0.1, 0.15) is 37.9 Å². The van der Waals surface area contributed by atoms with Crippen LogP contribution >= 0.6 is 0 Å². The summed E-state index contributed by atoms with van der Waals surface area (Å²) in [6.45, 7) is 4.30. The van der Waals surface area contributed by atoms with E-state index in [9.17, 15) is 9.90 Å². The molecule has 4 heteroatoms. The first-order valence-electron chi connectivity index (χ1n) is 6.93. The largest absolute Gasteiger partial charge is 0.387 e. The minimum Gasteiger partial charge on any atom is -0.387 e. The zero-order valence-electron chi connectivity index (χ0n) is 11.4. The van der Waals surface area contributed by atoms with Crippen LogP contribution in [0.25, 0.3) is 0 Å². The molecule has 2 N–H and O–H groups in total. The van der Waals surface area contributed by atoms with E-state index in [0.717, 1.165) is 24.3 Å². The van der Waals surface area contributed by atoms with Crippen molar-refractivity contribution in [2.45, 2.75) is 32.3 Å². The van der Waals surface area contributed by atoms with Gasteiger partial charge in [0.25, 0.3) is 0 Å². The summed E-state index contributed by atoms with van der Waals surface area (Å²) in [5, 5.41) is 13.0. The van der Waals surface area contributed by atoms with Crippen molar-refractivity contribution in [1.29, 1.82) is 0 Å². The zero-order chi connectivity index (χ0) is 13.7. The lowest BCUT2D eigenvalue weighted by Crippen LogP contribution is -2.33. The number of anilines is 1. The van der Waals surface area contributed by atoms with Gasteiger partial charge in [-0.1, -0.05) is 18.6 Å². The van der Waals surface area contributed by atoms with Gasteiger partial charge >= 0.3 is 0 Å². The molecule has 1 atom stereocenters. The first-order chi connectivity index (χ1) is 9.15. The van der Waals surface area contributed by atoms with Crippen LogP contribution in [-0.2, 0) is 4.79 Å². The van der Waals surface area contributed by atoms with E-state index in [1.807, 2.05) is 24.3 Å². The van der Waals surface area contributed by atoms with Gasteiger partial charge in [-0.3, -0.25) is 4.79 Å². The van der Waals surface area contributed by atoms with Crippen LogP contribution in [0.5, 0.6) is 0 Å². The highest BCUT2D eigenvalue weighted by atomic mass is 16.3. The molecule has 104 valence electrons. The number of aliphatic hydroxyl groups excluding tert-OH is 1. The standard InChI is InChI=1S/C15H22N2O2/c1-12(18)16-14-7-5-6-13(10-14)15(19)11-17-8-3-2-4-9-17/h5-7,10,15,19H,2-4,8-9,11H2,1H3,(H,16,18). The van der Waals surface area contributed by atoms with Crippen LogP contribution in [0.2, 0.25) is 0 Å². The minimum atomic E-state index is -0.494. The second-order valence-corrected chi connectivity index (χ2v) is 5.18. The van der Waals surface area contributed by atoms with E-state index < -0.39 is 6.10 Å². The normalized spacial score (nSPS) is 18.0. The fraction of sp³-hybridized carbons (Fsp3) is 0.533. The van der Waals surface area contributed by atoms with Crippen molar-refractivity contribution in [3.05, 3.63) is 29.8 Å². The molecule has 1 aliphatic rings. The average molecular weight is 262 g/mol. The van der Waals surface area contributed by atoms with Crippen LogP contribution in [-0.4, -0.2) is 35.5 Å². The molecule has 4 nitrogen and oxygen atoms in total. The summed E-state index contributed by atoms with van der Waals surface area (Å²) < 4.78 is 0. The first-order valence-corrected chi connectivity index (χ1v) is 6.93. The summed E-state index contributed by atoms with van der Waals surface area (Å²) in [6.07, 6.45) is 3.24. The van der Waals surface area contributed by atoms with E-state index in [2.05, 4.69) is 10.2 Å². The molecule has 2 rings (SSSR count). The molecule has 0 aromatic heterocycles. The maximum atomic E-state index is 11.0. The van der Waals surface area contributed by atoms with E-state index in [0.29, 0.717) is 6.54 Å². The number of nitrogens with one attached hydrogen (secondary N) is 1. The number of β-amino-alcohol motifs (C(OH)–C–C–N with tert-alkyl or cyclic N) is 1. The number of likely N-dealkylation sites (tertiary alicyclic amines) is 1. The van der Waals surface area contributed by atoms with Gasteiger partial charge in [0.05, 0.1) is 6.10 Å². The Hall–Kier alpha value is -1.39. The number of benzene rings is 1. The number of hydrogen-bond donors (Lipinski definition) is 2. The quantitative estimate of drug-likeness (QED) is 0.874. The molecular weight excluding hydrogens is 240 g/mol. The highest BCUT2D eigenvalue weighted by Crippen LogP contribution is 2.20. The molecule has 0 spiro atoms. The summed E-state index contributed by atoms with van der Waals surface area (Å²) in [5.74, 6) is -0.0947.